The Kier molecular flexibility index (Phi) is 4.46. The molecule has 1 saturated carbocycles. The van der Waals surface area contributed by atoms with Crippen molar-refractivity contribution >= 4 is 11.8 Å². The molecule has 5 nitrogen and oxygen atoms in total. The van der Waals surface area contributed by atoms with Crippen molar-refractivity contribution in [2.45, 2.75) is 31.2 Å². The molecule has 0 aromatic heterocycles. The van der Waals surface area contributed by atoms with E-state index in [0.29, 0.717) is 32.8 Å². The van der Waals surface area contributed by atoms with Gasteiger partial charge in [0.2, 0.25) is 11.8 Å². The van der Waals surface area contributed by atoms with Gasteiger partial charge in [0.05, 0.1) is 13.2 Å². The first-order valence-corrected chi connectivity index (χ1v) is 9.07. The number of halogens is 1. The lowest BCUT2D eigenvalue weighted by Crippen LogP contribution is -2.51. The number of benzene rings is 1. The van der Waals surface area contributed by atoms with Crippen molar-refractivity contribution in [2.24, 2.45) is 5.92 Å². The lowest BCUT2D eigenvalue weighted by atomic mass is 10.1. The summed E-state index contributed by atoms with van der Waals surface area (Å²) in [6, 6.07) is 6.16. The zero-order valence-corrected chi connectivity index (χ0v) is 14.2. The highest BCUT2D eigenvalue weighted by atomic mass is 19.1. The number of rotatable bonds is 3. The van der Waals surface area contributed by atoms with E-state index in [0.717, 1.165) is 24.8 Å². The Morgan fingerprint density at radius 3 is 2.68 bits per heavy atom. The van der Waals surface area contributed by atoms with Crippen molar-refractivity contribution in [3.05, 3.63) is 35.6 Å². The highest BCUT2D eigenvalue weighted by Crippen LogP contribution is 2.49. The summed E-state index contributed by atoms with van der Waals surface area (Å²) in [6.07, 6.45) is 2.35. The molecule has 134 valence electrons. The van der Waals surface area contributed by atoms with Crippen LogP contribution in [0.25, 0.3) is 0 Å². The van der Waals surface area contributed by atoms with E-state index in [2.05, 4.69) is 0 Å². The third-order valence-electron chi connectivity index (χ3n) is 5.53. The number of carbonyl (C=O) groups excluding carboxylic acids is 2. The van der Waals surface area contributed by atoms with Gasteiger partial charge < -0.3 is 14.5 Å². The minimum atomic E-state index is -0.334. The fraction of sp³-hybridized carbons (Fsp3) is 0.579. The number of amides is 2. The first kappa shape index (κ1) is 16.5. The lowest BCUT2D eigenvalue weighted by Gasteiger charge is -2.32. The maximum atomic E-state index is 13.4. The minimum absolute atomic E-state index is 0.0529. The number of hydrogen-bond donors (Lipinski definition) is 0. The highest BCUT2D eigenvalue weighted by molar-refractivity contribution is 5.90. The molecule has 2 saturated heterocycles. The van der Waals surface area contributed by atoms with Crippen molar-refractivity contribution in [3.8, 4) is 0 Å². The summed E-state index contributed by atoms with van der Waals surface area (Å²) in [4.78, 5) is 29.3. The molecule has 2 heterocycles. The molecule has 2 aliphatic heterocycles. The van der Waals surface area contributed by atoms with Crippen LogP contribution in [-0.2, 0) is 14.3 Å². The van der Waals surface area contributed by atoms with Gasteiger partial charge in [0.15, 0.2) is 0 Å². The Bertz CT molecular complexity index is 674. The smallest absolute Gasteiger partial charge is 0.245 e. The van der Waals surface area contributed by atoms with Crippen molar-refractivity contribution < 1.29 is 18.7 Å². The minimum Gasteiger partial charge on any atom is -0.378 e. The van der Waals surface area contributed by atoms with Crippen LogP contribution in [0, 0.1) is 11.7 Å². The summed E-state index contributed by atoms with van der Waals surface area (Å²) >= 11 is 0. The normalized spacial score (nSPS) is 28.9. The van der Waals surface area contributed by atoms with Crippen molar-refractivity contribution in [1.29, 1.82) is 0 Å². The fourth-order valence-electron chi connectivity index (χ4n) is 4.07. The summed E-state index contributed by atoms with van der Waals surface area (Å²) in [5, 5.41) is 0. The van der Waals surface area contributed by atoms with E-state index >= 15 is 0 Å². The average Bonchev–Trinajstić information content (AvgIpc) is 3.29. The van der Waals surface area contributed by atoms with Crippen LogP contribution in [0.4, 0.5) is 4.39 Å². The third kappa shape index (κ3) is 3.27. The van der Waals surface area contributed by atoms with E-state index in [4.69, 9.17) is 4.74 Å². The molecule has 0 unspecified atom stereocenters. The van der Waals surface area contributed by atoms with Gasteiger partial charge in [-0.1, -0.05) is 12.1 Å². The second-order valence-electron chi connectivity index (χ2n) is 7.13. The highest BCUT2D eigenvalue weighted by Gasteiger charge is 2.49. The molecule has 0 radical (unpaired) electrons. The Morgan fingerprint density at radius 1 is 1.12 bits per heavy atom. The second kappa shape index (κ2) is 6.75. The van der Waals surface area contributed by atoms with Gasteiger partial charge in [0.1, 0.15) is 11.9 Å². The quantitative estimate of drug-likeness (QED) is 0.838. The van der Waals surface area contributed by atoms with Crippen LogP contribution in [0.3, 0.4) is 0 Å². The largest absolute Gasteiger partial charge is 0.378 e. The number of morpholine rings is 1. The maximum Gasteiger partial charge on any atom is 0.245 e. The zero-order valence-electron chi connectivity index (χ0n) is 14.2. The number of likely N-dealkylation sites (tertiary alicyclic amines) is 1. The fourth-order valence-corrected chi connectivity index (χ4v) is 4.07. The molecule has 2 amide bonds. The third-order valence-corrected chi connectivity index (χ3v) is 5.53. The molecule has 3 aliphatic rings. The molecule has 6 heteroatoms. The number of hydrogen-bond acceptors (Lipinski definition) is 3. The van der Waals surface area contributed by atoms with E-state index in [9.17, 15) is 14.0 Å². The van der Waals surface area contributed by atoms with E-state index in [1.54, 1.807) is 11.0 Å². The van der Waals surface area contributed by atoms with Crippen LogP contribution in [0.2, 0.25) is 0 Å². The van der Waals surface area contributed by atoms with E-state index in [1.165, 1.54) is 12.1 Å². The summed E-state index contributed by atoms with van der Waals surface area (Å²) in [6.45, 7) is 2.98. The van der Waals surface area contributed by atoms with Crippen LogP contribution in [0.1, 0.15) is 30.7 Å². The molecule has 0 spiro atoms. The molecule has 4 rings (SSSR count). The zero-order chi connectivity index (χ0) is 17.4. The molecule has 1 aromatic rings. The molecule has 0 bridgehead atoms. The molecule has 0 N–H and O–H groups in total. The van der Waals surface area contributed by atoms with E-state index < -0.39 is 0 Å². The van der Waals surface area contributed by atoms with Gasteiger partial charge in [-0.2, -0.15) is 0 Å². The molecule has 1 aromatic carbocycles. The summed E-state index contributed by atoms with van der Waals surface area (Å²) in [5.41, 5.74) is 0.883. The number of ether oxygens (including phenoxy) is 1. The van der Waals surface area contributed by atoms with Crippen LogP contribution in [0.15, 0.2) is 24.3 Å². The van der Waals surface area contributed by atoms with Crippen molar-refractivity contribution in [1.82, 2.24) is 9.80 Å². The van der Waals surface area contributed by atoms with Gasteiger partial charge in [-0.05, 0) is 42.9 Å². The van der Waals surface area contributed by atoms with Crippen LogP contribution in [-0.4, -0.2) is 60.5 Å². The van der Waals surface area contributed by atoms with Crippen LogP contribution in [0.5, 0.6) is 0 Å². The van der Waals surface area contributed by atoms with Gasteiger partial charge >= 0.3 is 0 Å². The SMILES string of the molecule is O=C([C@@H]1CCCN1C(=O)[C@H]1C[C@@H]1c1cccc(F)c1)N1CCOCC1. The van der Waals surface area contributed by atoms with Gasteiger partial charge in [0, 0.05) is 25.6 Å². The van der Waals surface area contributed by atoms with Gasteiger partial charge in [-0.25, -0.2) is 4.39 Å². The molecular formula is C19H23FN2O3. The second-order valence-corrected chi connectivity index (χ2v) is 7.13. The Balaban J connectivity index is 1.42. The predicted octanol–water partition coefficient (Wildman–Crippen LogP) is 1.78. The molecular weight excluding hydrogens is 323 g/mol. The first-order chi connectivity index (χ1) is 12.1. The topological polar surface area (TPSA) is 49.9 Å². The molecule has 25 heavy (non-hydrogen) atoms. The van der Waals surface area contributed by atoms with Crippen molar-refractivity contribution in [2.75, 3.05) is 32.8 Å². The molecule has 3 fully saturated rings. The maximum absolute atomic E-state index is 13.4. The van der Waals surface area contributed by atoms with Gasteiger partial charge in [0.25, 0.3) is 0 Å². The molecule has 1 aliphatic carbocycles. The Hall–Kier alpha value is -1.95. The lowest BCUT2D eigenvalue weighted by molar-refractivity contribution is -0.147. The average molecular weight is 346 g/mol. The monoisotopic (exact) mass is 346 g/mol. The number of carbonyl (C=O) groups is 2. The predicted molar refractivity (Wildman–Crippen MR) is 89.4 cm³/mol. The molecule has 3 atom stereocenters. The summed E-state index contributed by atoms with van der Waals surface area (Å²) < 4.78 is 18.7. The van der Waals surface area contributed by atoms with E-state index in [1.807, 2.05) is 11.0 Å². The standard InChI is InChI=1S/C19H23FN2O3/c20-14-4-1-3-13(11-14)15-12-16(15)18(23)22-6-2-5-17(22)19(24)21-7-9-25-10-8-21/h1,3-4,11,15-17H,2,5-10,12H2/t15-,16+,17+/m1/s1. The summed E-state index contributed by atoms with van der Waals surface area (Å²) in [5.74, 6) is -0.185. The Labute approximate surface area is 146 Å². The Morgan fingerprint density at radius 2 is 1.92 bits per heavy atom. The first-order valence-electron chi connectivity index (χ1n) is 9.07. The van der Waals surface area contributed by atoms with Crippen LogP contribution < -0.4 is 0 Å². The van der Waals surface area contributed by atoms with Crippen LogP contribution >= 0.6 is 0 Å². The van der Waals surface area contributed by atoms with Crippen molar-refractivity contribution in [3.63, 3.8) is 0 Å². The van der Waals surface area contributed by atoms with E-state index in [-0.39, 0.29) is 35.5 Å². The summed E-state index contributed by atoms with van der Waals surface area (Å²) in [7, 11) is 0. The van der Waals surface area contributed by atoms with Gasteiger partial charge in [-0.15, -0.1) is 0 Å². The number of nitrogens with zero attached hydrogens (tertiary/aromatic N) is 2. The van der Waals surface area contributed by atoms with Gasteiger partial charge in [-0.3, -0.25) is 9.59 Å².